The maximum atomic E-state index is 14.1. The Morgan fingerprint density at radius 2 is 2.10 bits per heavy atom. The molecule has 0 spiro atoms. The van der Waals surface area contributed by atoms with Crippen molar-refractivity contribution in [3.05, 3.63) is 58.4 Å². The Balaban J connectivity index is 1.99. The third-order valence-corrected chi connectivity index (χ3v) is 3.91. The van der Waals surface area contributed by atoms with Crippen LogP contribution >= 0.6 is 11.6 Å². The Morgan fingerprint density at radius 1 is 1.29 bits per heavy atom. The van der Waals surface area contributed by atoms with E-state index >= 15 is 0 Å². The van der Waals surface area contributed by atoms with E-state index in [1.165, 1.54) is 6.07 Å². The van der Waals surface area contributed by atoms with Gasteiger partial charge in [-0.05, 0) is 18.2 Å². The van der Waals surface area contributed by atoms with Gasteiger partial charge in [-0.15, -0.1) is 0 Å². The van der Waals surface area contributed by atoms with E-state index in [1.807, 2.05) is 0 Å². The zero-order valence-electron chi connectivity index (χ0n) is 11.3. The van der Waals surface area contributed by atoms with E-state index in [1.54, 1.807) is 37.4 Å². The molecule has 3 nitrogen and oxygen atoms in total. The molecule has 0 aromatic heterocycles. The van der Waals surface area contributed by atoms with Crippen molar-refractivity contribution in [3.63, 3.8) is 0 Å². The maximum absolute atomic E-state index is 14.1. The molecule has 2 unspecified atom stereocenters. The van der Waals surface area contributed by atoms with Crippen molar-refractivity contribution in [2.24, 2.45) is 0 Å². The molecule has 1 aliphatic heterocycles. The molecule has 0 saturated carbocycles. The van der Waals surface area contributed by atoms with Gasteiger partial charge in [0.1, 0.15) is 23.4 Å². The van der Waals surface area contributed by atoms with Gasteiger partial charge >= 0.3 is 0 Å². The minimum Gasteiger partial charge on any atom is -0.497 e. The Morgan fingerprint density at radius 3 is 2.86 bits per heavy atom. The number of fused-ring (bicyclic) bond motifs is 1. The van der Waals surface area contributed by atoms with Crippen LogP contribution < -0.4 is 9.47 Å². The van der Waals surface area contributed by atoms with Crippen molar-refractivity contribution >= 4 is 11.6 Å². The number of aliphatic hydroxyl groups is 1. The summed E-state index contributed by atoms with van der Waals surface area (Å²) in [6.45, 7) is 0. The highest BCUT2D eigenvalue weighted by Gasteiger charge is 2.30. The second-order valence-corrected chi connectivity index (χ2v) is 5.31. The molecule has 0 radical (unpaired) electrons. The Hall–Kier alpha value is -1.78. The number of halogens is 2. The Labute approximate surface area is 126 Å². The van der Waals surface area contributed by atoms with Gasteiger partial charge in [-0.25, -0.2) is 4.39 Å². The van der Waals surface area contributed by atoms with Crippen LogP contribution in [0.4, 0.5) is 4.39 Å². The van der Waals surface area contributed by atoms with Crippen LogP contribution in [0.2, 0.25) is 5.02 Å². The topological polar surface area (TPSA) is 38.7 Å². The molecule has 0 fully saturated rings. The minimum atomic E-state index is -0.719. The number of ether oxygens (including phenoxy) is 2. The van der Waals surface area contributed by atoms with E-state index in [0.717, 1.165) is 0 Å². The summed E-state index contributed by atoms with van der Waals surface area (Å²) in [7, 11) is 1.55. The lowest BCUT2D eigenvalue weighted by molar-refractivity contribution is 0.0638. The second-order valence-electron chi connectivity index (χ2n) is 4.90. The van der Waals surface area contributed by atoms with Gasteiger partial charge in [-0.1, -0.05) is 23.7 Å². The molecule has 3 rings (SSSR count). The van der Waals surface area contributed by atoms with Crippen LogP contribution in [0.25, 0.3) is 0 Å². The summed E-state index contributed by atoms with van der Waals surface area (Å²) in [6, 6.07) is 9.96. The highest BCUT2D eigenvalue weighted by molar-refractivity contribution is 6.30. The van der Waals surface area contributed by atoms with Crippen molar-refractivity contribution in [1.29, 1.82) is 0 Å². The fraction of sp³-hybridized carbons (Fsp3) is 0.250. The van der Waals surface area contributed by atoms with Crippen molar-refractivity contribution in [2.75, 3.05) is 7.11 Å². The normalized spacial score (nSPS) is 20.6. The number of hydrogen-bond acceptors (Lipinski definition) is 3. The monoisotopic (exact) mass is 308 g/mol. The zero-order chi connectivity index (χ0) is 15.0. The second kappa shape index (κ2) is 5.54. The molecule has 0 saturated heterocycles. The molecular weight excluding hydrogens is 295 g/mol. The number of aliphatic hydroxyl groups excluding tert-OH is 1. The molecule has 1 heterocycles. The van der Waals surface area contributed by atoms with Gasteiger partial charge < -0.3 is 14.6 Å². The third-order valence-electron chi connectivity index (χ3n) is 3.61. The lowest BCUT2D eigenvalue weighted by Gasteiger charge is -2.30. The molecule has 1 N–H and O–H groups in total. The van der Waals surface area contributed by atoms with Crippen LogP contribution in [0.3, 0.4) is 0 Å². The predicted molar refractivity (Wildman–Crippen MR) is 77.3 cm³/mol. The first kappa shape index (κ1) is 14.2. The first-order chi connectivity index (χ1) is 10.1. The van der Waals surface area contributed by atoms with Gasteiger partial charge in [0.25, 0.3) is 0 Å². The molecule has 0 aliphatic carbocycles. The first-order valence-corrected chi connectivity index (χ1v) is 6.94. The summed E-state index contributed by atoms with van der Waals surface area (Å²) >= 11 is 5.80. The summed E-state index contributed by atoms with van der Waals surface area (Å²) in [4.78, 5) is 0. The maximum Gasteiger partial charge on any atom is 0.148 e. The van der Waals surface area contributed by atoms with Gasteiger partial charge in [0, 0.05) is 23.6 Å². The van der Waals surface area contributed by atoms with Gasteiger partial charge in [-0.2, -0.15) is 0 Å². The SMILES string of the molecule is COc1ccc2c(c1)OC(c1cccc(Cl)c1F)CC2O. The number of hydrogen-bond donors (Lipinski definition) is 1. The molecule has 21 heavy (non-hydrogen) atoms. The van der Waals surface area contributed by atoms with Crippen LogP contribution in [0.1, 0.15) is 29.8 Å². The Bertz CT molecular complexity index is 675. The van der Waals surface area contributed by atoms with Crippen LogP contribution in [-0.4, -0.2) is 12.2 Å². The smallest absolute Gasteiger partial charge is 0.148 e. The average molecular weight is 309 g/mol. The highest BCUT2D eigenvalue weighted by Crippen LogP contribution is 2.43. The molecule has 2 atom stereocenters. The largest absolute Gasteiger partial charge is 0.497 e. The van der Waals surface area contributed by atoms with Crippen LogP contribution in [-0.2, 0) is 0 Å². The van der Waals surface area contributed by atoms with E-state index in [4.69, 9.17) is 21.1 Å². The fourth-order valence-corrected chi connectivity index (χ4v) is 2.69. The third kappa shape index (κ3) is 2.57. The highest BCUT2D eigenvalue weighted by atomic mass is 35.5. The van der Waals surface area contributed by atoms with Gasteiger partial charge in [0.2, 0.25) is 0 Å². The summed E-state index contributed by atoms with van der Waals surface area (Å²) in [5.41, 5.74) is 1.02. The van der Waals surface area contributed by atoms with Crippen molar-refractivity contribution in [2.45, 2.75) is 18.6 Å². The molecule has 2 aromatic carbocycles. The van der Waals surface area contributed by atoms with Gasteiger partial charge in [0.05, 0.1) is 18.2 Å². The zero-order valence-corrected chi connectivity index (χ0v) is 12.1. The molecule has 0 bridgehead atoms. The predicted octanol–water partition coefficient (Wildman–Crippen LogP) is 4.04. The van der Waals surface area contributed by atoms with Crippen molar-refractivity contribution in [3.8, 4) is 11.5 Å². The van der Waals surface area contributed by atoms with E-state index < -0.39 is 18.0 Å². The van der Waals surface area contributed by atoms with E-state index in [0.29, 0.717) is 22.6 Å². The van der Waals surface area contributed by atoms with Crippen LogP contribution in [0.15, 0.2) is 36.4 Å². The average Bonchev–Trinajstić information content (AvgIpc) is 2.49. The number of rotatable bonds is 2. The van der Waals surface area contributed by atoms with E-state index in [9.17, 15) is 9.50 Å². The van der Waals surface area contributed by atoms with E-state index in [2.05, 4.69) is 0 Å². The fourth-order valence-electron chi connectivity index (χ4n) is 2.51. The molecule has 0 amide bonds. The van der Waals surface area contributed by atoms with Gasteiger partial charge in [-0.3, -0.25) is 0 Å². The summed E-state index contributed by atoms with van der Waals surface area (Å²) in [5, 5.41) is 10.3. The minimum absolute atomic E-state index is 0.0435. The lowest BCUT2D eigenvalue weighted by atomic mass is 9.94. The first-order valence-electron chi connectivity index (χ1n) is 6.56. The van der Waals surface area contributed by atoms with E-state index in [-0.39, 0.29) is 11.4 Å². The molecule has 110 valence electrons. The Kier molecular flexibility index (Phi) is 3.74. The number of methoxy groups -OCH3 is 1. The summed E-state index contributed by atoms with van der Waals surface area (Å²) in [6.07, 6.45) is -1.03. The lowest BCUT2D eigenvalue weighted by Crippen LogP contribution is -2.20. The number of benzene rings is 2. The standard InChI is InChI=1S/C16H14ClFO3/c1-20-9-5-6-10-13(19)8-15(21-14(10)7-9)11-3-2-4-12(17)16(11)18/h2-7,13,15,19H,8H2,1H3. The summed E-state index contributed by atoms with van der Waals surface area (Å²) in [5.74, 6) is 0.605. The quantitative estimate of drug-likeness (QED) is 0.910. The molecular formula is C16H14ClFO3. The van der Waals surface area contributed by atoms with Crippen molar-refractivity contribution in [1.82, 2.24) is 0 Å². The van der Waals surface area contributed by atoms with Crippen LogP contribution in [0.5, 0.6) is 11.5 Å². The molecule has 2 aromatic rings. The summed E-state index contributed by atoms with van der Waals surface area (Å²) < 4.78 is 25.1. The van der Waals surface area contributed by atoms with Crippen LogP contribution in [0, 0.1) is 5.82 Å². The molecule has 1 aliphatic rings. The van der Waals surface area contributed by atoms with Gasteiger partial charge in [0.15, 0.2) is 0 Å². The molecule has 5 heteroatoms. The van der Waals surface area contributed by atoms with Crippen molar-refractivity contribution < 1.29 is 19.0 Å².